The van der Waals surface area contributed by atoms with Gasteiger partial charge in [0.05, 0.1) is 0 Å². The SMILES string of the molecule is Clc1ccc(C2CCNC2c2ccccc2)cc1. The lowest BCUT2D eigenvalue weighted by Gasteiger charge is -2.20. The zero-order chi connectivity index (χ0) is 12.4. The van der Waals surface area contributed by atoms with Crippen LogP contribution in [0.25, 0.3) is 0 Å². The molecule has 2 aromatic rings. The molecule has 2 aromatic carbocycles. The molecule has 0 bridgehead atoms. The van der Waals surface area contributed by atoms with Crippen molar-refractivity contribution in [3.63, 3.8) is 0 Å². The molecule has 1 nitrogen and oxygen atoms in total. The van der Waals surface area contributed by atoms with Crippen molar-refractivity contribution in [2.45, 2.75) is 18.4 Å². The van der Waals surface area contributed by atoms with Crippen molar-refractivity contribution in [2.75, 3.05) is 6.54 Å². The molecule has 18 heavy (non-hydrogen) atoms. The van der Waals surface area contributed by atoms with E-state index in [9.17, 15) is 0 Å². The third-order valence-corrected chi connectivity index (χ3v) is 3.93. The molecule has 0 aliphatic carbocycles. The first kappa shape index (κ1) is 11.8. The summed E-state index contributed by atoms with van der Waals surface area (Å²) in [7, 11) is 0. The summed E-state index contributed by atoms with van der Waals surface area (Å²) >= 11 is 5.96. The van der Waals surface area contributed by atoms with Gasteiger partial charge in [0.25, 0.3) is 0 Å². The summed E-state index contributed by atoms with van der Waals surface area (Å²) in [6.07, 6.45) is 1.18. The first-order chi connectivity index (χ1) is 8.84. The van der Waals surface area contributed by atoms with Crippen molar-refractivity contribution >= 4 is 11.6 Å². The summed E-state index contributed by atoms with van der Waals surface area (Å²) in [5.74, 6) is 0.546. The molecular formula is C16H16ClN. The van der Waals surface area contributed by atoms with Crippen LogP contribution in [0.3, 0.4) is 0 Å². The van der Waals surface area contributed by atoms with Crippen molar-refractivity contribution < 1.29 is 0 Å². The van der Waals surface area contributed by atoms with Gasteiger partial charge in [-0.25, -0.2) is 0 Å². The Morgan fingerprint density at radius 3 is 2.33 bits per heavy atom. The summed E-state index contributed by atoms with van der Waals surface area (Å²) < 4.78 is 0. The van der Waals surface area contributed by atoms with Gasteiger partial charge in [0.2, 0.25) is 0 Å². The van der Waals surface area contributed by atoms with E-state index in [4.69, 9.17) is 11.6 Å². The Labute approximate surface area is 113 Å². The van der Waals surface area contributed by atoms with Crippen LogP contribution in [0.2, 0.25) is 5.02 Å². The van der Waals surface area contributed by atoms with Crippen LogP contribution in [0, 0.1) is 0 Å². The van der Waals surface area contributed by atoms with Crippen molar-refractivity contribution in [1.82, 2.24) is 5.32 Å². The van der Waals surface area contributed by atoms with Gasteiger partial charge >= 0.3 is 0 Å². The molecular weight excluding hydrogens is 242 g/mol. The van der Waals surface area contributed by atoms with E-state index in [1.165, 1.54) is 17.5 Å². The van der Waals surface area contributed by atoms with Gasteiger partial charge in [0, 0.05) is 17.0 Å². The Bertz CT molecular complexity index is 506. The maximum absolute atomic E-state index is 5.96. The highest BCUT2D eigenvalue weighted by Gasteiger charge is 2.28. The molecule has 0 radical (unpaired) electrons. The fourth-order valence-electron chi connectivity index (χ4n) is 2.78. The standard InChI is InChI=1S/C16H16ClN/c17-14-8-6-12(7-9-14)15-10-11-18-16(15)13-4-2-1-3-5-13/h1-9,15-16,18H,10-11H2. The van der Waals surface area contributed by atoms with Crippen LogP contribution < -0.4 is 5.32 Å². The van der Waals surface area contributed by atoms with Crippen LogP contribution in [0.15, 0.2) is 54.6 Å². The normalized spacial score (nSPS) is 23.2. The Hall–Kier alpha value is -1.31. The minimum absolute atomic E-state index is 0.423. The third kappa shape index (κ3) is 2.29. The smallest absolute Gasteiger partial charge is 0.0406 e. The number of halogens is 1. The Morgan fingerprint density at radius 2 is 1.61 bits per heavy atom. The third-order valence-electron chi connectivity index (χ3n) is 3.68. The Balaban J connectivity index is 1.90. The van der Waals surface area contributed by atoms with Crippen molar-refractivity contribution in [2.24, 2.45) is 0 Å². The second-order valence-electron chi connectivity index (χ2n) is 4.79. The molecule has 1 aliphatic rings. The first-order valence-corrected chi connectivity index (χ1v) is 6.76. The Morgan fingerprint density at radius 1 is 0.889 bits per heavy atom. The van der Waals surface area contributed by atoms with Crippen LogP contribution >= 0.6 is 11.6 Å². The van der Waals surface area contributed by atoms with Gasteiger partial charge in [-0.15, -0.1) is 0 Å². The minimum atomic E-state index is 0.423. The highest BCUT2D eigenvalue weighted by atomic mass is 35.5. The lowest BCUT2D eigenvalue weighted by atomic mass is 9.88. The number of rotatable bonds is 2. The van der Waals surface area contributed by atoms with Gasteiger partial charge in [-0.05, 0) is 36.2 Å². The van der Waals surface area contributed by atoms with E-state index in [0.29, 0.717) is 12.0 Å². The van der Waals surface area contributed by atoms with Crippen LogP contribution in [-0.4, -0.2) is 6.54 Å². The average Bonchev–Trinajstić information content (AvgIpc) is 2.90. The second kappa shape index (κ2) is 5.13. The molecule has 2 heteroatoms. The number of benzene rings is 2. The molecule has 0 aromatic heterocycles. The predicted octanol–water partition coefficient (Wildman–Crippen LogP) is 4.16. The molecule has 1 fully saturated rings. The fourth-order valence-corrected chi connectivity index (χ4v) is 2.91. The van der Waals surface area contributed by atoms with E-state index >= 15 is 0 Å². The molecule has 2 unspecified atom stereocenters. The zero-order valence-corrected chi connectivity index (χ0v) is 10.9. The molecule has 92 valence electrons. The van der Waals surface area contributed by atoms with Crippen molar-refractivity contribution in [3.05, 3.63) is 70.7 Å². The summed E-state index contributed by atoms with van der Waals surface area (Å²) in [6, 6.07) is 19.4. The Kier molecular flexibility index (Phi) is 3.35. The quantitative estimate of drug-likeness (QED) is 0.852. The number of hydrogen-bond acceptors (Lipinski definition) is 1. The van der Waals surface area contributed by atoms with E-state index < -0.39 is 0 Å². The number of nitrogens with one attached hydrogen (secondary N) is 1. The van der Waals surface area contributed by atoms with Crippen LogP contribution in [0.5, 0.6) is 0 Å². The van der Waals surface area contributed by atoms with Crippen molar-refractivity contribution in [3.8, 4) is 0 Å². The summed E-state index contributed by atoms with van der Waals surface area (Å²) in [5, 5.41) is 4.41. The van der Waals surface area contributed by atoms with E-state index in [1.807, 2.05) is 12.1 Å². The predicted molar refractivity (Wildman–Crippen MR) is 76.0 cm³/mol. The summed E-state index contributed by atoms with van der Waals surface area (Å²) in [5.41, 5.74) is 2.74. The maximum Gasteiger partial charge on any atom is 0.0406 e. The summed E-state index contributed by atoms with van der Waals surface area (Å²) in [4.78, 5) is 0. The minimum Gasteiger partial charge on any atom is -0.309 e. The highest BCUT2D eigenvalue weighted by Crippen LogP contribution is 2.37. The largest absolute Gasteiger partial charge is 0.309 e. The fraction of sp³-hybridized carbons (Fsp3) is 0.250. The van der Waals surface area contributed by atoms with Gasteiger partial charge in [-0.1, -0.05) is 54.1 Å². The summed E-state index contributed by atoms with van der Waals surface area (Å²) in [6.45, 7) is 1.08. The monoisotopic (exact) mass is 257 g/mol. The molecule has 1 saturated heterocycles. The molecule has 1 heterocycles. The van der Waals surface area contributed by atoms with E-state index in [-0.39, 0.29) is 0 Å². The topological polar surface area (TPSA) is 12.0 Å². The first-order valence-electron chi connectivity index (χ1n) is 6.38. The van der Waals surface area contributed by atoms with E-state index in [1.54, 1.807) is 0 Å². The maximum atomic E-state index is 5.96. The van der Waals surface area contributed by atoms with Crippen LogP contribution in [0.4, 0.5) is 0 Å². The average molecular weight is 258 g/mol. The van der Waals surface area contributed by atoms with Gasteiger partial charge < -0.3 is 5.32 Å². The molecule has 0 amide bonds. The van der Waals surface area contributed by atoms with Crippen molar-refractivity contribution in [1.29, 1.82) is 0 Å². The van der Waals surface area contributed by atoms with E-state index in [0.717, 1.165) is 11.6 Å². The molecule has 0 saturated carbocycles. The second-order valence-corrected chi connectivity index (χ2v) is 5.23. The molecule has 0 spiro atoms. The highest BCUT2D eigenvalue weighted by molar-refractivity contribution is 6.30. The number of hydrogen-bond donors (Lipinski definition) is 1. The van der Waals surface area contributed by atoms with Gasteiger partial charge in [0.15, 0.2) is 0 Å². The van der Waals surface area contributed by atoms with E-state index in [2.05, 4.69) is 47.8 Å². The van der Waals surface area contributed by atoms with Crippen LogP contribution in [0.1, 0.15) is 29.5 Å². The lowest BCUT2D eigenvalue weighted by molar-refractivity contribution is 0.578. The van der Waals surface area contributed by atoms with Gasteiger partial charge in [-0.3, -0.25) is 0 Å². The lowest BCUT2D eigenvalue weighted by Crippen LogP contribution is -2.16. The van der Waals surface area contributed by atoms with Gasteiger partial charge in [0.1, 0.15) is 0 Å². The van der Waals surface area contributed by atoms with Gasteiger partial charge in [-0.2, -0.15) is 0 Å². The molecule has 2 atom stereocenters. The molecule has 3 rings (SSSR count). The molecule has 1 N–H and O–H groups in total. The molecule has 1 aliphatic heterocycles. The van der Waals surface area contributed by atoms with Crippen LogP contribution in [-0.2, 0) is 0 Å². The zero-order valence-electron chi connectivity index (χ0n) is 10.1.